The van der Waals surface area contributed by atoms with E-state index in [4.69, 9.17) is 0 Å². The number of rotatable bonds is 5. The maximum Gasteiger partial charge on any atom is 0.250 e. The Kier molecular flexibility index (Phi) is 5.03. The molecule has 1 amide bonds. The molecule has 3 heterocycles. The summed E-state index contributed by atoms with van der Waals surface area (Å²) in [5.74, 6) is -0.335. The average Bonchev–Trinajstić information content (AvgIpc) is 3.33. The standard InChI is InChI=1S/C20H23N3O3S2/c1-13(2)19(22-28(25,26)18-8-5-11-27-18)20(24)23-10-9-17-15(12-23)14-6-3-4-7-16(14)21-17/h3-8,11,13,19,21-22H,9-10,12H2,1-2H3/t19-/m1/s1. The Morgan fingerprint density at radius 2 is 2.00 bits per heavy atom. The molecule has 1 aliphatic rings. The summed E-state index contributed by atoms with van der Waals surface area (Å²) in [4.78, 5) is 18.5. The van der Waals surface area contributed by atoms with Crippen LogP contribution in [0.4, 0.5) is 0 Å². The normalized spacial score (nSPS) is 15.8. The Hall–Kier alpha value is -2.16. The molecule has 0 saturated carbocycles. The van der Waals surface area contributed by atoms with Crippen LogP contribution in [-0.2, 0) is 27.8 Å². The third-order valence-corrected chi connectivity index (χ3v) is 8.01. The maximum atomic E-state index is 13.2. The van der Waals surface area contributed by atoms with Crippen molar-refractivity contribution in [2.75, 3.05) is 6.54 Å². The number of aromatic nitrogens is 1. The van der Waals surface area contributed by atoms with Crippen LogP contribution < -0.4 is 4.72 Å². The van der Waals surface area contributed by atoms with Crippen LogP contribution in [0.2, 0.25) is 0 Å². The van der Waals surface area contributed by atoms with Crippen molar-refractivity contribution in [2.45, 2.75) is 37.1 Å². The third kappa shape index (κ3) is 3.47. The Bertz CT molecular complexity index is 1100. The fourth-order valence-corrected chi connectivity index (χ4v) is 6.01. The first-order chi connectivity index (χ1) is 13.4. The summed E-state index contributed by atoms with van der Waals surface area (Å²) in [6.45, 7) is 4.78. The first-order valence-electron chi connectivity index (χ1n) is 9.30. The smallest absolute Gasteiger partial charge is 0.250 e. The van der Waals surface area contributed by atoms with Gasteiger partial charge in [-0.3, -0.25) is 4.79 Å². The van der Waals surface area contributed by atoms with E-state index in [1.165, 1.54) is 0 Å². The Morgan fingerprint density at radius 1 is 1.21 bits per heavy atom. The largest absolute Gasteiger partial charge is 0.358 e. The quantitative estimate of drug-likeness (QED) is 0.669. The van der Waals surface area contributed by atoms with Gasteiger partial charge < -0.3 is 9.88 Å². The second-order valence-corrected chi connectivity index (χ2v) is 10.3. The number of sulfonamides is 1. The number of aromatic amines is 1. The van der Waals surface area contributed by atoms with Crippen LogP contribution in [-0.4, -0.2) is 36.8 Å². The molecule has 0 spiro atoms. The molecule has 1 atom stereocenters. The van der Waals surface area contributed by atoms with Gasteiger partial charge in [-0.05, 0) is 23.4 Å². The predicted molar refractivity (Wildman–Crippen MR) is 111 cm³/mol. The number of nitrogens with zero attached hydrogens (tertiary/aromatic N) is 1. The molecule has 2 aromatic heterocycles. The fourth-order valence-electron chi connectivity index (χ4n) is 3.66. The second kappa shape index (κ2) is 7.35. The molecule has 4 rings (SSSR count). The van der Waals surface area contributed by atoms with Crippen molar-refractivity contribution in [3.63, 3.8) is 0 Å². The summed E-state index contributed by atoms with van der Waals surface area (Å²) >= 11 is 1.14. The Labute approximate surface area is 168 Å². The Balaban J connectivity index is 1.58. The number of para-hydroxylation sites is 1. The fraction of sp³-hybridized carbons (Fsp3) is 0.350. The molecular weight excluding hydrogens is 394 g/mol. The molecule has 0 aliphatic carbocycles. The van der Waals surface area contributed by atoms with E-state index in [1.54, 1.807) is 22.4 Å². The number of fused-ring (bicyclic) bond motifs is 3. The number of carbonyl (C=O) groups excluding carboxylic acids is 1. The number of nitrogens with one attached hydrogen (secondary N) is 2. The van der Waals surface area contributed by atoms with Crippen LogP contribution in [0.25, 0.3) is 10.9 Å². The SMILES string of the molecule is CC(C)[C@@H](NS(=O)(=O)c1cccs1)C(=O)N1CCc2[nH]c3ccccc3c2C1. The minimum Gasteiger partial charge on any atom is -0.358 e. The van der Waals surface area contributed by atoms with E-state index in [-0.39, 0.29) is 16.0 Å². The third-order valence-electron chi connectivity index (χ3n) is 5.17. The lowest BCUT2D eigenvalue weighted by molar-refractivity contribution is -0.135. The van der Waals surface area contributed by atoms with Gasteiger partial charge in [-0.1, -0.05) is 38.1 Å². The van der Waals surface area contributed by atoms with Crippen molar-refractivity contribution < 1.29 is 13.2 Å². The summed E-state index contributed by atoms with van der Waals surface area (Å²) in [6, 6.07) is 10.5. The van der Waals surface area contributed by atoms with Crippen LogP contribution in [0.3, 0.4) is 0 Å². The molecule has 0 unspecified atom stereocenters. The zero-order valence-corrected chi connectivity index (χ0v) is 17.4. The van der Waals surface area contributed by atoms with E-state index >= 15 is 0 Å². The van der Waals surface area contributed by atoms with E-state index in [9.17, 15) is 13.2 Å². The highest BCUT2D eigenvalue weighted by Gasteiger charge is 2.34. The Morgan fingerprint density at radius 3 is 2.71 bits per heavy atom. The molecule has 0 bridgehead atoms. The molecule has 6 nitrogen and oxygen atoms in total. The van der Waals surface area contributed by atoms with Gasteiger partial charge in [0.15, 0.2) is 0 Å². The van der Waals surface area contributed by atoms with Crippen LogP contribution in [0.15, 0.2) is 46.0 Å². The van der Waals surface area contributed by atoms with Crippen molar-refractivity contribution in [1.29, 1.82) is 0 Å². The monoisotopic (exact) mass is 417 g/mol. The minimum absolute atomic E-state index is 0.161. The van der Waals surface area contributed by atoms with E-state index < -0.39 is 16.1 Å². The van der Waals surface area contributed by atoms with Gasteiger partial charge in [-0.25, -0.2) is 8.42 Å². The van der Waals surface area contributed by atoms with Gasteiger partial charge in [0.25, 0.3) is 10.0 Å². The van der Waals surface area contributed by atoms with Gasteiger partial charge >= 0.3 is 0 Å². The van der Waals surface area contributed by atoms with Gasteiger partial charge in [0.1, 0.15) is 10.3 Å². The highest BCUT2D eigenvalue weighted by atomic mass is 32.2. The molecule has 1 aliphatic heterocycles. The molecule has 28 heavy (non-hydrogen) atoms. The van der Waals surface area contributed by atoms with Crippen LogP contribution in [0.1, 0.15) is 25.1 Å². The lowest BCUT2D eigenvalue weighted by Gasteiger charge is -2.32. The molecule has 0 radical (unpaired) electrons. The predicted octanol–water partition coefficient (Wildman–Crippen LogP) is 3.12. The lowest BCUT2D eigenvalue weighted by Crippen LogP contribution is -2.52. The summed E-state index contributed by atoms with van der Waals surface area (Å²) < 4.78 is 28.2. The van der Waals surface area contributed by atoms with Crippen LogP contribution in [0, 0.1) is 5.92 Å². The highest BCUT2D eigenvalue weighted by molar-refractivity contribution is 7.91. The van der Waals surface area contributed by atoms with Crippen LogP contribution in [0.5, 0.6) is 0 Å². The summed E-state index contributed by atoms with van der Waals surface area (Å²) in [5, 5.41) is 2.83. The number of hydrogen-bond donors (Lipinski definition) is 2. The average molecular weight is 418 g/mol. The zero-order chi connectivity index (χ0) is 19.9. The van der Waals surface area contributed by atoms with Crippen LogP contribution >= 0.6 is 11.3 Å². The molecule has 8 heteroatoms. The van der Waals surface area contributed by atoms with Crippen molar-refractivity contribution in [3.05, 3.63) is 53.0 Å². The number of hydrogen-bond acceptors (Lipinski definition) is 4. The van der Waals surface area contributed by atoms with E-state index in [0.29, 0.717) is 13.1 Å². The molecule has 2 N–H and O–H groups in total. The molecule has 3 aromatic rings. The molecule has 0 fully saturated rings. The highest BCUT2D eigenvalue weighted by Crippen LogP contribution is 2.28. The number of thiophene rings is 1. The number of amides is 1. The minimum atomic E-state index is -3.71. The summed E-state index contributed by atoms with van der Waals surface area (Å²) in [6.07, 6.45) is 0.734. The lowest BCUT2D eigenvalue weighted by atomic mass is 10.0. The number of benzene rings is 1. The first kappa shape index (κ1) is 19.2. The van der Waals surface area contributed by atoms with Gasteiger partial charge in [-0.15, -0.1) is 11.3 Å². The topological polar surface area (TPSA) is 82.3 Å². The first-order valence-corrected chi connectivity index (χ1v) is 11.7. The van der Waals surface area contributed by atoms with Crippen molar-refractivity contribution in [1.82, 2.24) is 14.6 Å². The molecule has 0 saturated heterocycles. The van der Waals surface area contributed by atoms with E-state index in [1.807, 2.05) is 32.0 Å². The van der Waals surface area contributed by atoms with Gasteiger partial charge in [0, 0.05) is 41.7 Å². The summed E-state index contributed by atoms with van der Waals surface area (Å²) in [7, 11) is -3.71. The van der Waals surface area contributed by atoms with Crippen molar-refractivity contribution in [2.24, 2.45) is 5.92 Å². The summed E-state index contributed by atoms with van der Waals surface area (Å²) in [5.41, 5.74) is 3.35. The molecule has 148 valence electrons. The van der Waals surface area contributed by atoms with Crippen molar-refractivity contribution >= 4 is 38.2 Å². The van der Waals surface area contributed by atoms with Crippen molar-refractivity contribution in [3.8, 4) is 0 Å². The van der Waals surface area contributed by atoms with E-state index in [0.717, 1.165) is 39.9 Å². The van der Waals surface area contributed by atoms with E-state index in [2.05, 4.69) is 15.8 Å². The van der Waals surface area contributed by atoms with Gasteiger partial charge in [0.2, 0.25) is 5.91 Å². The van der Waals surface area contributed by atoms with Gasteiger partial charge in [-0.2, -0.15) is 4.72 Å². The molecular formula is C20H23N3O3S2. The number of carbonyl (C=O) groups is 1. The molecule has 1 aromatic carbocycles. The maximum absolute atomic E-state index is 13.2. The number of H-pyrrole nitrogens is 1. The zero-order valence-electron chi connectivity index (χ0n) is 15.8. The van der Waals surface area contributed by atoms with Gasteiger partial charge in [0.05, 0.1) is 0 Å². The second-order valence-electron chi connectivity index (χ2n) is 7.41.